The number of hydrazone groups is 1. The summed E-state index contributed by atoms with van der Waals surface area (Å²) in [6.45, 7) is 0. The first-order valence-electron chi connectivity index (χ1n) is 8.46. The second-order valence-electron chi connectivity index (χ2n) is 5.85. The van der Waals surface area contributed by atoms with Crippen LogP contribution < -0.4 is 10.2 Å². The van der Waals surface area contributed by atoms with Crippen LogP contribution in [-0.4, -0.2) is 18.1 Å². The predicted octanol–water partition coefficient (Wildman–Crippen LogP) is 4.19. The van der Waals surface area contributed by atoms with Crippen molar-refractivity contribution < 1.29 is 14.3 Å². The summed E-state index contributed by atoms with van der Waals surface area (Å²) in [5, 5.41) is 13.2. The Kier molecular flexibility index (Phi) is 6.36. The van der Waals surface area contributed by atoms with Crippen molar-refractivity contribution in [3.05, 3.63) is 100 Å². The summed E-state index contributed by atoms with van der Waals surface area (Å²) >= 11 is 5.80. The Morgan fingerprint density at radius 3 is 2.17 bits per heavy atom. The summed E-state index contributed by atoms with van der Waals surface area (Å²) < 4.78 is 5.30. The molecule has 0 spiro atoms. The van der Waals surface area contributed by atoms with Crippen molar-refractivity contribution in [1.29, 1.82) is 5.26 Å². The molecule has 7 heteroatoms. The van der Waals surface area contributed by atoms with E-state index < -0.39 is 5.97 Å². The molecule has 3 rings (SSSR count). The van der Waals surface area contributed by atoms with Crippen LogP contribution in [0, 0.1) is 11.3 Å². The number of esters is 1. The number of hydrogen-bond donors (Lipinski definition) is 1. The zero-order valence-electron chi connectivity index (χ0n) is 15.0. The number of nitrogens with zero attached hydrogens (tertiary/aromatic N) is 2. The summed E-state index contributed by atoms with van der Waals surface area (Å²) in [5.41, 5.74) is 4.38. The topological polar surface area (TPSA) is 91.6 Å². The van der Waals surface area contributed by atoms with Crippen LogP contribution in [0.1, 0.15) is 31.8 Å². The molecule has 0 saturated carbocycles. The Hall–Kier alpha value is -3.95. The summed E-state index contributed by atoms with van der Waals surface area (Å²) in [4.78, 5) is 24.1. The maximum absolute atomic E-state index is 12.1. The van der Waals surface area contributed by atoms with Crippen molar-refractivity contribution in [2.45, 2.75) is 0 Å². The number of halogens is 1. The highest BCUT2D eigenvalue weighted by Crippen LogP contribution is 2.15. The van der Waals surface area contributed by atoms with Gasteiger partial charge in [-0.1, -0.05) is 11.6 Å². The van der Waals surface area contributed by atoms with Gasteiger partial charge >= 0.3 is 5.97 Å². The van der Waals surface area contributed by atoms with Gasteiger partial charge < -0.3 is 4.74 Å². The number of hydrogen-bond acceptors (Lipinski definition) is 5. The van der Waals surface area contributed by atoms with Gasteiger partial charge in [0.1, 0.15) is 5.75 Å². The van der Waals surface area contributed by atoms with E-state index in [9.17, 15) is 9.59 Å². The molecule has 0 aliphatic heterocycles. The fourth-order valence-electron chi connectivity index (χ4n) is 2.30. The van der Waals surface area contributed by atoms with Crippen LogP contribution in [0.3, 0.4) is 0 Å². The molecule has 0 bridgehead atoms. The van der Waals surface area contributed by atoms with Crippen molar-refractivity contribution in [2.75, 3.05) is 0 Å². The van der Waals surface area contributed by atoms with E-state index in [4.69, 9.17) is 21.6 Å². The van der Waals surface area contributed by atoms with Gasteiger partial charge in [-0.05, 0) is 78.4 Å². The number of ether oxygens (including phenoxy) is 1. The highest BCUT2D eigenvalue weighted by Gasteiger charge is 2.08. The van der Waals surface area contributed by atoms with Gasteiger partial charge in [0.25, 0.3) is 5.91 Å². The second-order valence-corrected chi connectivity index (χ2v) is 6.29. The Morgan fingerprint density at radius 1 is 0.931 bits per heavy atom. The van der Waals surface area contributed by atoms with Gasteiger partial charge in [-0.2, -0.15) is 10.4 Å². The summed E-state index contributed by atoms with van der Waals surface area (Å²) in [6, 6.07) is 21.2. The Balaban J connectivity index is 1.55. The quantitative estimate of drug-likeness (QED) is 0.299. The first-order chi connectivity index (χ1) is 14.0. The molecule has 0 atom stereocenters. The van der Waals surface area contributed by atoms with Crippen LogP contribution in [-0.2, 0) is 0 Å². The van der Waals surface area contributed by atoms with Gasteiger partial charge in [0, 0.05) is 10.6 Å². The van der Waals surface area contributed by atoms with E-state index in [2.05, 4.69) is 10.5 Å². The third-order valence-corrected chi connectivity index (χ3v) is 4.08. The Labute approximate surface area is 172 Å². The van der Waals surface area contributed by atoms with E-state index in [1.165, 1.54) is 6.21 Å². The van der Waals surface area contributed by atoms with Crippen LogP contribution in [0.4, 0.5) is 0 Å². The van der Waals surface area contributed by atoms with Gasteiger partial charge in [-0.25, -0.2) is 10.2 Å². The minimum absolute atomic E-state index is 0.378. The molecule has 0 aliphatic rings. The lowest BCUT2D eigenvalue weighted by atomic mass is 10.1. The number of benzene rings is 3. The van der Waals surface area contributed by atoms with Crippen molar-refractivity contribution in [3.63, 3.8) is 0 Å². The van der Waals surface area contributed by atoms with E-state index in [1.807, 2.05) is 6.07 Å². The molecule has 0 aromatic heterocycles. The van der Waals surface area contributed by atoms with Crippen molar-refractivity contribution in [3.8, 4) is 11.8 Å². The zero-order valence-corrected chi connectivity index (χ0v) is 15.8. The molecule has 0 radical (unpaired) electrons. The molecule has 3 aromatic carbocycles. The lowest BCUT2D eigenvalue weighted by Gasteiger charge is -2.05. The van der Waals surface area contributed by atoms with Crippen LogP contribution in [0.15, 0.2) is 77.9 Å². The van der Waals surface area contributed by atoms with E-state index in [0.29, 0.717) is 33.0 Å². The van der Waals surface area contributed by atoms with E-state index in [-0.39, 0.29) is 5.91 Å². The first-order valence-corrected chi connectivity index (χ1v) is 8.84. The van der Waals surface area contributed by atoms with E-state index in [1.54, 1.807) is 72.8 Å². The van der Waals surface area contributed by atoms with Crippen molar-refractivity contribution >= 4 is 29.7 Å². The maximum Gasteiger partial charge on any atom is 0.343 e. The molecule has 1 N–H and O–H groups in total. The number of rotatable bonds is 5. The van der Waals surface area contributed by atoms with Crippen molar-refractivity contribution in [1.82, 2.24) is 5.43 Å². The molecule has 1 amide bonds. The third-order valence-electron chi connectivity index (χ3n) is 3.83. The lowest BCUT2D eigenvalue weighted by molar-refractivity contribution is 0.0734. The maximum atomic E-state index is 12.1. The van der Waals surface area contributed by atoms with Crippen molar-refractivity contribution in [2.24, 2.45) is 5.10 Å². The minimum atomic E-state index is -0.488. The molecular formula is C22H14ClN3O3. The molecule has 0 fully saturated rings. The van der Waals surface area contributed by atoms with E-state index in [0.717, 1.165) is 0 Å². The van der Waals surface area contributed by atoms with Gasteiger partial charge in [-0.15, -0.1) is 0 Å². The molecule has 0 saturated heterocycles. The molecule has 0 aliphatic carbocycles. The number of carbonyl (C=O) groups excluding carboxylic acids is 2. The molecule has 29 heavy (non-hydrogen) atoms. The van der Waals surface area contributed by atoms with Crippen LogP contribution in [0.25, 0.3) is 0 Å². The summed E-state index contributed by atoms with van der Waals surface area (Å²) in [5.74, 6) is -0.499. The third kappa shape index (κ3) is 5.51. The van der Waals surface area contributed by atoms with Crippen LogP contribution in [0.2, 0.25) is 5.02 Å². The Bertz CT molecular complexity index is 1080. The average Bonchev–Trinajstić information content (AvgIpc) is 2.75. The Morgan fingerprint density at radius 2 is 1.55 bits per heavy atom. The highest BCUT2D eigenvalue weighted by molar-refractivity contribution is 6.30. The summed E-state index contributed by atoms with van der Waals surface area (Å²) in [6.07, 6.45) is 1.46. The van der Waals surface area contributed by atoms with Gasteiger partial charge in [0.15, 0.2) is 0 Å². The normalized spacial score (nSPS) is 10.3. The average molecular weight is 404 g/mol. The zero-order chi connectivity index (χ0) is 20.6. The van der Waals surface area contributed by atoms with Crippen LogP contribution in [0.5, 0.6) is 5.75 Å². The standard InChI is InChI=1S/C22H14ClN3O3/c23-19-9-7-18(8-10-19)22(28)29-20-11-3-16(4-12-20)14-25-26-21(27)17-5-1-15(13-24)2-6-17/h1-12,14H,(H,26,27)/b25-14-. The second kappa shape index (κ2) is 9.31. The number of amides is 1. The highest BCUT2D eigenvalue weighted by atomic mass is 35.5. The lowest BCUT2D eigenvalue weighted by Crippen LogP contribution is -2.17. The fraction of sp³-hybridized carbons (Fsp3) is 0. The van der Waals surface area contributed by atoms with Gasteiger partial charge in [-0.3, -0.25) is 4.79 Å². The SMILES string of the molecule is N#Cc1ccc(C(=O)N/N=C\c2ccc(OC(=O)c3ccc(Cl)cc3)cc2)cc1. The molecule has 3 aromatic rings. The molecule has 6 nitrogen and oxygen atoms in total. The molecule has 0 heterocycles. The molecule has 0 unspecified atom stereocenters. The fourth-order valence-corrected chi connectivity index (χ4v) is 2.43. The van der Waals surface area contributed by atoms with Crippen LogP contribution >= 0.6 is 11.6 Å². The largest absolute Gasteiger partial charge is 0.423 e. The number of nitrogens with one attached hydrogen (secondary N) is 1. The number of nitriles is 1. The smallest absolute Gasteiger partial charge is 0.343 e. The first kappa shape index (κ1) is 19.8. The van der Waals surface area contributed by atoms with Gasteiger partial charge in [0.2, 0.25) is 0 Å². The molecule has 142 valence electrons. The monoisotopic (exact) mass is 403 g/mol. The van der Waals surface area contributed by atoms with E-state index >= 15 is 0 Å². The molecular weight excluding hydrogens is 390 g/mol. The minimum Gasteiger partial charge on any atom is -0.423 e. The predicted molar refractivity (Wildman–Crippen MR) is 109 cm³/mol. The summed E-state index contributed by atoms with van der Waals surface area (Å²) in [7, 11) is 0. The number of carbonyl (C=O) groups is 2. The van der Waals surface area contributed by atoms with Gasteiger partial charge in [0.05, 0.1) is 23.4 Å².